The summed E-state index contributed by atoms with van der Waals surface area (Å²) in [5, 5.41) is 0. The van der Waals surface area contributed by atoms with Gasteiger partial charge in [-0.1, -0.05) is 6.42 Å². The third kappa shape index (κ3) is 5.57. The van der Waals surface area contributed by atoms with Crippen LogP contribution in [-0.4, -0.2) is 33.6 Å². The van der Waals surface area contributed by atoms with Gasteiger partial charge in [-0.05, 0) is 66.8 Å². The van der Waals surface area contributed by atoms with Gasteiger partial charge in [-0.2, -0.15) is 13.2 Å². The van der Waals surface area contributed by atoms with E-state index in [1.807, 2.05) is 0 Å². The molecular weight excluding hydrogens is 413 g/mol. The Morgan fingerprint density at radius 2 is 1.65 bits per heavy atom. The van der Waals surface area contributed by atoms with Gasteiger partial charge in [0.25, 0.3) is 0 Å². The molecule has 0 N–H and O–H groups in total. The van der Waals surface area contributed by atoms with E-state index in [0.29, 0.717) is 35.5 Å². The third-order valence-electron chi connectivity index (χ3n) is 5.40. The molecule has 0 bridgehead atoms. The van der Waals surface area contributed by atoms with Crippen LogP contribution in [-0.2, 0) is 15.7 Å². The number of ketones is 1. The minimum Gasteiger partial charge on any atom is -0.468 e. The fourth-order valence-corrected chi connectivity index (χ4v) is 3.97. The zero-order valence-electron chi connectivity index (χ0n) is 17.4. The van der Waals surface area contributed by atoms with Crippen molar-refractivity contribution < 1.29 is 36.9 Å². The molecule has 1 aliphatic rings. The van der Waals surface area contributed by atoms with Crippen molar-refractivity contribution in [3.63, 3.8) is 0 Å². The minimum atomic E-state index is -4.48. The summed E-state index contributed by atoms with van der Waals surface area (Å²) in [7, 11) is 2.95. The van der Waals surface area contributed by atoms with E-state index in [9.17, 15) is 18.0 Å². The second-order valence-corrected chi connectivity index (χ2v) is 7.38. The molecule has 0 unspecified atom stereocenters. The van der Waals surface area contributed by atoms with Gasteiger partial charge in [0.15, 0.2) is 19.4 Å². The van der Waals surface area contributed by atoms with Crippen molar-refractivity contribution in [1.82, 2.24) is 0 Å². The highest BCUT2D eigenvalue weighted by Crippen LogP contribution is 2.46. The highest BCUT2D eigenvalue weighted by atomic mass is 19.4. The topological polar surface area (TPSA) is 54.0 Å². The summed E-state index contributed by atoms with van der Waals surface area (Å²) in [6.07, 6.45) is -2.53. The number of halogens is 3. The summed E-state index contributed by atoms with van der Waals surface area (Å²) >= 11 is 0. The van der Waals surface area contributed by atoms with Gasteiger partial charge < -0.3 is 18.9 Å². The Labute approximate surface area is 179 Å². The number of hydrogen-bond donors (Lipinski definition) is 0. The van der Waals surface area contributed by atoms with Crippen LogP contribution in [0.5, 0.6) is 11.5 Å². The van der Waals surface area contributed by atoms with Crippen molar-refractivity contribution in [3.05, 3.63) is 59.2 Å². The summed E-state index contributed by atoms with van der Waals surface area (Å²) < 4.78 is 60.6. The van der Waals surface area contributed by atoms with E-state index in [1.54, 1.807) is 24.3 Å². The number of methoxy groups -OCH3 is 2. The molecule has 168 valence electrons. The number of carbonyl (C=O) groups excluding carboxylic acids is 1. The van der Waals surface area contributed by atoms with Gasteiger partial charge in [0.05, 0.1) is 5.56 Å². The lowest BCUT2D eigenvalue weighted by Crippen LogP contribution is -2.19. The Hall–Kier alpha value is -2.58. The lowest BCUT2D eigenvalue weighted by Gasteiger charge is -2.23. The Morgan fingerprint density at radius 3 is 2.29 bits per heavy atom. The number of rotatable bonds is 9. The minimum absolute atomic E-state index is 0.0906. The summed E-state index contributed by atoms with van der Waals surface area (Å²) in [6, 6.07) is 10.1. The van der Waals surface area contributed by atoms with Crippen LogP contribution < -0.4 is 9.47 Å². The van der Waals surface area contributed by atoms with Gasteiger partial charge in [-0.15, -0.1) is 0 Å². The fraction of sp³-hybridized carbons (Fsp3) is 0.435. The average molecular weight is 438 g/mol. The molecule has 3 rings (SSSR count). The summed E-state index contributed by atoms with van der Waals surface area (Å²) in [5.74, 6) is -0.0292. The first-order valence-corrected chi connectivity index (χ1v) is 9.94. The van der Waals surface area contributed by atoms with E-state index in [4.69, 9.17) is 18.9 Å². The molecule has 0 aliphatic heterocycles. The molecule has 0 radical (unpaired) electrons. The molecule has 0 saturated heterocycles. The van der Waals surface area contributed by atoms with Gasteiger partial charge in [0, 0.05) is 25.7 Å². The number of carbonyl (C=O) groups is 1. The summed E-state index contributed by atoms with van der Waals surface area (Å²) in [6.45, 7) is 0.00439. The van der Waals surface area contributed by atoms with Crippen molar-refractivity contribution in [2.45, 2.75) is 31.4 Å². The van der Waals surface area contributed by atoms with E-state index in [-0.39, 0.29) is 25.3 Å². The number of ether oxygens (including phenoxy) is 4. The van der Waals surface area contributed by atoms with Crippen molar-refractivity contribution in [1.29, 1.82) is 0 Å². The predicted octanol–water partition coefficient (Wildman–Crippen LogP) is 5.44. The first-order chi connectivity index (χ1) is 14.8. The third-order valence-corrected chi connectivity index (χ3v) is 5.40. The SMILES string of the molecule is COCOc1ccc(C(=O)[C@H]2CCC[C@H]2c2cc(C(F)(F)F)ccc2OCOC)cc1. The standard InChI is InChI=1S/C23H25F3O5/c1-28-13-30-17-9-6-15(7-10-17)22(27)19-5-3-4-18(19)20-12-16(23(24,25)26)8-11-21(20)31-14-29-2/h6-12,18-19H,3-5,13-14H2,1-2H3/t18-,19+/m1/s1. The van der Waals surface area contributed by atoms with Crippen LogP contribution >= 0.6 is 0 Å². The molecule has 2 atom stereocenters. The largest absolute Gasteiger partial charge is 0.468 e. The maximum Gasteiger partial charge on any atom is 0.416 e. The second kappa shape index (κ2) is 10.2. The van der Waals surface area contributed by atoms with Crippen molar-refractivity contribution in [2.75, 3.05) is 27.8 Å². The Morgan fingerprint density at radius 1 is 0.968 bits per heavy atom. The zero-order chi connectivity index (χ0) is 22.4. The molecule has 1 aliphatic carbocycles. The van der Waals surface area contributed by atoms with Crippen LogP contribution in [0.4, 0.5) is 13.2 Å². The molecule has 8 heteroatoms. The molecule has 31 heavy (non-hydrogen) atoms. The van der Waals surface area contributed by atoms with Gasteiger partial charge >= 0.3 is 6.18 Å². The van der Waals surface area contributed by atoms with Gasteiger partial charge in [-0.25, -0.2) is 0 Å². The van der Waals surface area contributed by atoms with Gasteiger partial charge in [0.2, 0.25) is 0 Å². The lowest BCUT2D eigenvalue weighted by atomic mass is 9.83. The Kier molecular flexibility index (Phi) is 7.56. The van der Waals surface area contributed by atoms with Crippen LogP contribution in [0.1, 0.15) is 46.7 Å². The van der Waals surface area contributed by atoms with Crippen LogP contribution in [0.3, 0.4) is 0 Å². The zero-order valence-corrected chi connectivity index (χ0v) is 17.4. The number of alkyl halides is 3. The van der Waals surface area contributed by atoms with Crippen LogP contribution in [0, 0.1) is 5.92 Å². The van der Waals surface area contributed by atoms with Crippen LogP contribution in [0.2, 0.25) is 0 Å². The average Bonchev–Trinajstić information content (AvgIpc) is 3.25. The maximum absolute atomic E-state index is 13.3. The van der Waals surface area contributed by atoms with Crippen LogP contribution in [0.15, 0.2) is 42.5 Å². The summed E-state index contributed by atoms with van der Waals surface area (Å²) in [4.78, 5) is 13.2. The quantitative estimate of drug-likeness (QED) is 0.386. The molecule has 2 aromatic carbocycles. The highest BCUT2D eigenvalue weighted by molar-refractivity contribution is 5.98. The maximum atomic E-state index is 13.3. The van der Waals surface area contributed by atoms with Crippen molar-refractivity contribution >= 4 is 5.78 Å². The van der Waals surface area contributed by atoms with Crippen molar-refractivity contribution in [3.8, 4) is 11.5 Å². The molecule has 0 spiro atoms. The summed E-state index contributed by atoms with van der Waals surface area (Å²) in [5.41, 5.74) is 0.126. The monoisotopic (exact) mass is 438 g/mol. The number of benzene rings is 2. The fourth-order valence-electron chi connectivity index (χ4n) is 3.97. The molecule has 5 nitrogen and oxygen atoms in total. The molecule has 0 aromatic heterocycles. The Balaban J connectivity index is 1.88. The smallest absolute Gasteiger partial charge is 0.416 e. The molecule has 2 aromatic rings. The number of Topliss-reactive ketones (excluding diaryl/α,β-unsaturated/α-hetero) is 1. The van der Waals surface area contributed by atoms with Crippen LogP contribution in [0.25, 0.3) is 0 Å². The Bertz CT molecular complexity index is 880. The van der Waals surface area contributed by atoms with E-state index >= 15 is 0 Å². The van der Waals surface area contributed by atoms with E-state index < -0.39 is 17.7 Å². The molecule has 0 heterocycles. The second-order valence-electron chi connectivity index (χ2n) is 7.38. The highest BCUT2D eigenvalue weighted by Gasteiger charge is 2.38. The number of hydrogen-bond acceptors (Lipinski definition) is 5. The normalized spacial score (nSPS) is 18.7. The lowest BCUT2D eigenvalue weighted by molar-refractivity contribution is -0.137. The first-order valence-electron chi connectivity index (χ1n) is 9.94. The predicted molar refractivity (Wildman–Crippen MR) is 107 cm³/mol. The molecule has 1 fully saturated rings. The first kappa shape index (κ1) is 23.1. The van der Waals surface area contributed by atoms with E-state index in [1.165, 1.54) is 20.3 Å². The van der Waals surface area contributed by atoms with Crippen molar-refractivity contribution in [2.24, 2.45) is 5.92 Å². The molecular formula is C23H25F3O5. The van der Waals surface area contributed by atoms with E-state index in [0.717, 1.165) is 18.6 Å². The molecule has 0 amide bonds. The molecule has 1 saturated carbocycles. The van der Waals surface area contributed by atoms with Gasteiger partial charge in [0.1, 0.15) is 11.5 Å². The van der Waals surface area contributed by atoms with E-state index in [2.05, 4.69) is 0 Å². The van der Waals surface area contributed by atoms with Gasteiger partial charge in [-0.3, -0.25) is 4.79 Å².